The average molecular weight is 270 g/mol. The van der Waals surface area contributed by atoms with Crippen LogP contribution < -0.4 is 11.3 Å². The Kier molecular flexibility index (Phi) is 7.39. The Morgan fingerprint density at radius 2 is 2.17 bits per heavy atom. The number of thioether (sulfide) groups is 1. The maximum absolute atomic E-state index is 5.59. The molecule has 104 valence electrons. The summed E-state index contributed by atoms with van der Waals surface area (Å²) in [6.07, 6.45) is 8.45. The Morgan fingerprint density at radius 3 is 2.72 bits per heavy atom. The largest absolute Gasteiger partial charge is 0.271 e. The van der Waals surface area contributed by atoms with Crippen molar-refractivity contribution in [2.45, 2.75) is 51.6 Å². The van der Waals surface area contributed by atoms with E-state index >= 15 is 0 Å². The second-order valence-electron chi connectivity index (χ2n) is 4.61. The SMILES string of the molecule is CCC(CC)n1ccc(CC(CCSC)NN)n1. The van der Waals surface area contributed by atoms with Crippen LogP contribution in [-0.4, -0.2) is 27.8 Å². The van der Waals surface area contributed by atoms with E-state index in [0.717, 1.165) is 37.1 Å². The third-order valence-corrected chi connectivity index (χ3v) is 3.99. The van der Waals surface area contributed by atoms with E-state index in [2.05, 4.69) is 47.6 Å². The maximum Gasteiger partial charge on any atom is 0.0640 e. The maximum atomic E-state index is 5.59. The van der Waals surface area contributed by atoms with Crippen molar-refractivity contribution in [3.63, 3.8) is 0 Å². The van der Waals surface area contributed by atoms with E-state index in [1.165, 1.54) is 0 Å². The summed E-state index contributed by atoms with van der Waals surface area (Å²) in [6.45, 7) is 4.41. The molecule has 0 saturated heterocycles. The third kappa shape index (κ3) is 4.63. The van der Waals surface area contributed by atoms with Crippen LogP contribution in [0, 0.1) is 0 Å². The molecule has 5 heteroatoms. The quantitative estimate of drug-likeness (QED) is 0.534. The fourth-order valence-corrected chi connectivity index (χ4v) is 2.63. The van der Waals surface area contributed by atoms with Gasteiger partial charge < -0.3 is 0 Å². The highest BCUT2D eigenvalue weighted by Gasteiger charge is 2.12. The zero-order chi connectivity index (χ0) is 13.4. The molecule has 1 rings (SSSR count). The fraction of sp³-hybridized carbons (Fsp3) is 0.769. The molecule has 0 aliphatic carbocycles. The summed E-state index contributed by atoms with van der Waals surface area (Å²) in [5.74, 6) is 6.71. The molecule has 0 aliphatic heterocycles. The molecule has 1 heterocycles. The molecule has 3 N–H and O–H groups in total. The van der Waals surface area contributed by atoms with Gasteiger partial charge in [-0.2, -0.15) is 16.9 Å². The minimum atomic E-state index is 0.322. The second kappa shape index (κ2) is 8.56. The Labute approximate surface area is 115 Å². The minimum absolute atomic E-state index is 0.322. The summed E-state index contributed by atoms with van der Waals surface area (Å²) in [6, 6.07) is 2.96. The van der Waals surface area contributed by atoms with Gasteiger partial charge in [0.05, 0.1) is 11.7 Å². The van der Waals surface area contributed by atoms with Gasteiger partial charge in [0.2, 0.25) is 0 Å². The van der Waals surface area contributed by atoms with Crippen LogP contribution >= 0.6 is 11.8 Å². The summed E-state index contributed by atoms with van der Waals surface area (Å²) in [7, 11) is 0. The van der Waals surface area contributed by atoms with Crippen LogP contribution in [0.25, 0.3) is 0 Å². The van der Waals surface area contributed by atoms with Gasteiger partial charge in [-0.1, -0.05) is 13.8 Å². The predicted molar refractivity (Wildman–Crippen MR) is 79.7 cm³/mol. The Hall–Kier alpha value is -0.520. The van der Waals surface area contributed by atoms with Crippen LogP contribution in [0.5, 0.6) is 0 Å². The molecule has 4 nitrogen and oxygen atoms in total. The zero-order valence-corrected chi connectivity index (χ0v) is 12.5. The van der Waals surface area contributed by atoms with Crippen LogP contribution in [0.4, 0.5) is 0 Å². The van der Waals surface area contributed by atoms with E-state index in [4.69, 9.17) is 5.84 Å². The van der Waals surface area contributed by atoms with Crippen LogP contribution in [0.15, 0.2) is 12.3 Å². The summed E-state index contributed by atoms with van der Waals surface area (Å²) < 4.78 is 2.09. The monoisotopic (exact) mass is 270 g/mol. The number of rotatable bonds is 9. The Bertz CT molecular complexity index is 323. The molecular formula is C13H26N4S. The summed E-state index contributed by atoms with van der Waals surface area (Å²) in [4.78, 5) is 0. The van der Waals surface area contributed by atoms with Crippen molar-refractivity contribution >= 4 is 11.8 Å². The highest BCUT2D eigenvalue weighted by molar-refractivity contribution is 7.98. The molecule has 0 fully saturated rings. The summed E-state index contributed by atoms with van der Waals surface area (Å²) >= 11 is 1.85. The van der Waals surface area contributed by atoms with Crippen molar-refractivity contribution in [3.05, 3.63) is 18.0 Å². The number of nitrogens with zero attached hydrogens (tertiary/aromatic N) is 2. The Morgan fingerprint density at radius 1 is 1.44 bits per heavy atom. The molecule has 1 aromatic heterocycles. The number of hydrazine groups is 1. The first kappa shape index (κ1) is 15.5. The van der Waals surface area contributed by atoms with Gasteiger partial charge in [0, 0.05) is 18.7 Å². The van der Waals surface area contributed by atoms with Gasteiger partial charge in [-0.25, -0.2) is 0 Å². The van der Waals surface area contributed by atoms with Gasteiger partial charge >= 0.3 is 0 Å². The van der Waals surface area contributed by atoms with E-state index in [1.807, 2.05) is 11.8 Å². The first-order valence-electron chi connectivity index (χ1n) is 6.74. The summed E-state index contributed by atoms with van der Waals surface area (Å²) in [5, 5.41) is 4.66. The smallest absolute Gasteiger partial charge is 0.0640 e. The summed E-state index contributed by atoms with van der Waals surface area (Å²) in [5.41, 5.74) is 4.02. The van der Waals surface area contributed by atoms with E-state index in [1.54, 1.807) is 0 Å². The lowest BCUT2D eigenvalue weighted by Gasteiger charge is -2.14. The second-order valence-corrected chi connectivity index (χ2v) is 5.59. The van der Waals surface area contributed by atoms with Crippen molar-refractivity contribution in [1.29, 1.82) is 0 Å². The van der Waals surface area contributed by atoms with Gasteiger partial charge in [-0.05, 0) is 37.3 Å². The molecule has 1 unspecified atom stereocenters. The van der Waals surface area contributed by atoms with Crippen LogP contribution in [0.3, 0.4) is 0 Å². The molecule has 0 amide bonds. The zero-order valence-electron chi connectivity index (χ0n) is 11.7. The fourth-order valence-electron chi connectivity index (χ4n) is 2.11. The number of nitrogens with one attached hydrogen (secondary N) is 1. The van der Waals surface area contributed by atoms with Gasteiger partial charge in [-0.3, -0.25) is 16.0 Å². The van der Waals surface area contributed by atoms with Crippen molar-refractivity contribution in [2.75, 3.05) is 12.0 Å². The lowest BCUT2D eigenvalue weighted by molar-refractivity contribution is 0.421. The normalized spacial score (nSPS) is 13.2. The highest BCUT2D eigenvalue weighted by atomic mass is 32.2. The van der Waals surface area contributed by atoms with Gasteiger partial charge in [0.25, 0.3) is 0 Å². The molecular weight excluding hydrogens is 244 g/mol. The van der Waals surface area contributed by atoms with Crippen molar-refractivity contribution in [2.24, 2.45) is 5.84 Å². The molecule has 1 atom stereocenters. The Balaban J connectivity index is 2.56. The molecule has 0 bridgehead atoms. The number of nitrogens with two attached hydrogens (primary N) is 1. The predicted octanol–water partition coefficient (Wildman–Crippen LogP) is 2.37. The van der Waals surface area contributed by atoms with Crippen molar-refractivity contribution in [3.8, 4) is 0 Å². The number of aromatic nitrogens is 2. The van der Waals surface area contributed by atoms with Crippen LogP contribution in [0.1, 0.15) is 44.8 Å². The molecule has 0 radical (unpaired) electrons. The topological polar surface area (TPSA) is 55.9 Å². The highest BCUT2D eigenvalue weighted by Crippen LogP contribution is 2.15. The van der Waals surface area contributed by atoms with Gasteiger partial charge in [-0.15, -0.1) is 0 Å². The first-order valence-corrected chi connectivity index (χ1v) is 8.13. The van der Waals surface area contributed by atoms with Crippen LogP contribution in [0.2, 0.25) is 0 Å². The minimum Gasteiger partial charge on any atom is -0.271 e. The van der Waals surface area contributed by atoms with E-state index in [-0.39, 0.29) is 0 Å². The first-order chi connectivity index (χ1) is 8.74. The third-order valence-electron chi connectivity index (χ3n) is 3.34. The number of hydrogen-bond acceptors (Lipinski definition) is 4. The van der Waals surface area contributed by atoms with E-state index < -0.39 is 0 Å². The lowest BCUT2D eigenvalue weighted by Crippen LogP contribution is -2.37. The molecule has 1 aromatic rings. The van der Waals surface area contributed by atoms with E-state index in [0.29, 0.717) is 12.1 Å². The average Bonchev–Trinajstić information content (AvgIpc) is 2.84. The van der Waals surface area contributed by atoms with Gasteiger partial charge in [0.15, 0.2) is 0 Å². The molecule has 18 heavy (non-hydrogen) atoms. The molecule has 0 spiro atoms. The standard InChI is InChI=1S/C13H26N4S/c1-4-13(5-2)17-8-6-12(16-17)10-11(15-14)7-9-18-3/h6,8,11,13,15H,4-5,7,9-10,14H2,1-3H3. The van der Waals surface area contributed by atoms with Crippen LogP contribution in [-0.2, 0) is 6.42 Å². The van der Waals surface area contributed by atoms with Crippen molar-refractivity contribution in [1.82, 2.24) is 15.2 Å². The molecule has 0 aromatic carbocycles. The molecule has 0 saturated carbocycles. The number of hydrogen-bond donors (Lipinski definition) is 2. The van der Waals surface area contributed by atoms with Gasteiger partial charge in [0.1, 0.15) is 0 Å². The van der Waals surface area contributed by atoms with Crippen molar-refractivity contribution < 1.29 is 0 Å². The molecule has 0 aliphatic rings. The van der Waals surface area contributed by atoms with E-state index in [9.17, 15) is 0 Å². The lowest BCUT2D eigenvalue weighted by atomic mass is 10.1.